The van der Waals surface area contributed by atoms with E-state index in [1.165, 1.54) is 18.7 Å². The smallest absolute Gasteiger partial charge is 0.327 e. The number of amides is 1. The van der Waals surface area contributed by atoms with E-state index in [0.29, 0.717) is 0 Å². The predicted octanol–water partition coefficient (Wildman–Crippen LogP) is 1.44. The molecule has 3 unspecified atom stereocenters. The minimum absolute atomic E-state index is 0.193. The van der Waals surface area contributed by atoms with Gasteiger partial charge < -0.3 is 15.5 Å². The van der Waals surface area contributed by atoms with Gasteiger partial charge in [0.1, 0.15) is 6.04 Å². The van der Waals surface area contributed by atoms with Gasteiger partial charge in [-0.05, 0) is 11.1 Å². The van der Waals surface area contributed by atoms with E-state index < -0.39 is 18.1 Å². The molecule has 0 aliphatic heterocycles. The Kier molecular flexibility index (Phi) is 5.03. The van der Waals surface area contributed by atoms with Gasteiger partial charge in [-0.1, -0.05) is 36.4 Å². The normalized spacial score (nSPS) is 21.4. The van der Waals surface area contributed by atoms with Crippen molar-refractivity contribution < 1.29 is 19.8 Å². The molecule has 1 aliphatic carbocycles. The number of aliphatic carboxylic acids is 1. The van der Waals surface area contributed by atoms with Gasteiger partial charge in [0.25, 0.3) is 0 Å². The molecule has 3 N–H and O–H groups in total. The molecule has 1 aromatic carbocycles. The molecule has 21 heavy (non-hydrogen) atoms. The number of nitrogens with one attached hydrogen (secondary N) is 1. The Morgan fingerprint density at radius 2 is 2.10 bits per heavy atom. The molecule has 5 nitrogen and oxygen atoms in total. The second-order valence-electron chi connectivity index (χ2n) is 4.82. The lowest BCUT2D eigenvalue weighted by Crippen LogP contribution is -2.41. The average Bonchev–Trinajstić information content (AvgIpc) is 2.44. The third-order valence-corrected chi connectivity index (χ3v) is 4.62. The van der Waals surface area contributed by atoms with Gasteiger partial charge >= 0.3 is 5.97 Å². The third kappa shape index (κ3) is 3.86. The summed E-state index contributed by atoms with van der Waals surface area (Å²) in [6.07, 6.45) is 2.89. The number of benzene rings is 1. The molecular weight excluding hydrogens is 290 g/mol. The number of carbonyl (C=O) groups excluding carboxylic acids is 1. The summed E-state index contributed by atoms with van der Waals surface area (Å²) in [4.78, 5) is 22.2. The molecule has 112 valence electrons. The Labute approximate surface area is 127 Å². The van der Waals surface area contributed by atoms with Crippen LogP contribution in [0.2, 0.25) is 0 Å². The maximum atomic E-state index is 11.1. The molecule has 0 bridgehead atoms. The van der Waals surface area contributed by atoms with E-state index in [1.54, 1.807) is 6.08 Å². The monoisotopic (exact) mass is 307 g/mol. The second kappa shape index (κ2) is 6.78. The summed E-state index contributed by atoms with van der Waals surface area (Å²) < 4.78 is 0. The maximum Gasteiger partial charge on any atom is 0.327 e. The van der Waals surface area contributed by atoms with Crippen molar-refractivity contribution in [3.63, 3.8) is 0 Å². The van der Waals surface area contributed by atoms with Crippen LogP contribution in [-0.2, 0) is 9.59 Å². The lowest BCUT2D eigenvalue weighted by Gasteiger charge is -2.27. The number of carbonyl (C=O) groups is 2. The van der Waals surface area contributed by atoms with Crippen LogP contribution in [0.25, 0.3) is 6.08 Å². The first kappa shape index (κ1) is 15.6. The molecule has 6 heteroatoms. The van der Waals surface area contributed by atoms with Crippen LogP contribution < -0.4 is 5.32 Å². The summed E-state index contributed by atoms with van der Waals surface area (Å²) in [7, 11) is 0. The molecule has 0 saturated carbocycles. The Hall–Kier alpha value is -1.79. The highest BCUT2D eigenvalue weighted by Gasteiger charge is 2.27. The summed E-state index contributed by atoms with van der Waals surface area (Å²) in [6.45, 7) is 1.29. The molecule has 0 radical (unpaired) electrons. The first-order valence-electron chi connectivity index (χ1n) is 6.55. The highest BCUT2D eigenvalue weighted by atomic mass is 32.2. The molecule has 0 aromatic heterocycles. The number of hydrogen-bond acceptors (Lipinski definition) is 4. The summed E-state index contributed by atoms with van der Waals surface area (Å²) in [5.41, 5.74) is 2.00. The highest BCUT2D eigenvalue weighted by Crippen LogP contribution is 2.38. The zero-order valence-electron chi connectivity index (χ0n) is 11.5. The van der Waals surface area contributed by atoms with Crippen LogP contribution in [0.15, 0.2) is 30.3 Å². The van der Waals surface area contributed by atoms with E-state index >= 15 is 0 Å². The Morgan fingerprint density at radius 1 is 1.38 bits per heavy atom. The van der Waals surface area contributed by atoms with Gasteiger partial charge in [-0.25, -0.2) is 4.79 Å². The number of aliphatic hydroxyl groups is 1. The number of carboxylic acids is 1. The number of thioether (sulfide) groups is 1. The summed E-state index contributed by atoms with van der Waals surface area (Å²) in [5, 5.41) is 21.4. The lowest BCUT2D eigenvalue weighted by molar-refractivity contribution is -0.140. The van der Waals surface area contributed by atoms with Crippen LogP contribution in [0.4, 0.5) is 0 Å². The van der Waals surface area contributed by atoms with E-state index in [9.17, 15) is 14.7 Å². The fraction of sp³-hybridized carbons (Fsp3) is 0.333. The van der Waals surface area contributed by atoms with E-state index in [0.717, 1.165) is 11.1 Å². The predicted molar refractivity (Wildman–Crippen MR) is 81.9 cm³/mol. The molecule has 2 rings (SSSR count). The van der Waals surface area contributed by atoms with Crippen molar-refractivity contribution >= 4 is 29.7 Å². The first-order chi connectivity index (χ1) is 9.99. The standard InChI is InChI=1S/C15H17NO4S/c1-9(17)16-12(15(19)20)8-21-14-11-5-3-2-4-10(11)6-7-13(14)18/h2-7,12-14,18H,8H2,1H3,(H,16,17)(H,19,20). The topological polar surface area (TPSA) is 86.6 Å². The molecular formula is C15H17NO4S. The van der Waals surface area contributed by atoms with Crippen LogP contribution in [0.1, 0.15) is 23.3 Å². The molecule has 0 heterocycles. The van der Waals surface area contributed by atoms with E-state index in [4.69, 9.17) is 5.11 Å². The van der Waals surface area contributed by atoms with Crippen molar-refractivity contribution in [3.8, 4) is 0 Å². The van der Waals surface area contributed by atoms with E-state index in [-0.39, 0.29) is 16.9 Å². The van der Waals surface area contributed by atoms with Gasteiger partial charge in [-0.2, -0.15) is 0 Å². The highest BCUT2D eigenvalue weighted by molar-refractivity contribution is 7.99. The van der Waals surface area contributed by atoms with Crippen LogP contribution in [0.3, 0.4) is 0 Å². The minimum Gasteiger partial charge on any atom is -0.480 e. The van der Waals surface area contributed by atoms with Crippen molar-refractivity contribution in [2.75, 3.05) is 5.75 Å². The summed E-state index contributed by atoms with van der Waals surface area (Å²) in [5.74, 6) is -1.27. The minimum atomic E-state index is -1.08. The van der Waals surface area contributed by atoms with Gasteiger partial charge in [0, 0.05) is 12.7 Å². The first-order valence-corrected chi connectivity index (χ1v) is 7.60. The van der Waals surface area contributed by atoms with Gasteiger partial charge in [0.05, 0.1) is 11.4 Å². The van der Waals surface area contributed by atoms with Crippen molar-refractivity contribution in [3.05, 3.63) is 41.5 Å². The second-order valence-corrected chi connectivity index (χ2v) is 6.00. The number of rotatable bonds is 5. The molecule has 0 spiro atoms. The molecule has 1 amide bonds. The van der Waals surface area contributed by atoms with Crippen LogP contribution in [0.5, 0.6) is 0 Å². The van der Waals surface area contributed by atoms with Crippen molar-refractivity contribution in [1.82, 2.24) is 5.32 Å². The number of hydrogen-bond donors (Lipinski definition) is 3. The van der Waals surface area contributed by atoms with Crippen LogP contribution >= 0.6 is 11.8 Å². The summed E-state index contributed by atoms with van der Waals surface area (Å²) in [6, 6.07) is 6.72. The fourth-order valence-corrected chi connectivity index (χ4v) is 3.53. The Bertz CT molecular complexity index is 573. The molecule has 0 saturated heterocycles. The molecule has 1 aliphatic rings. The van der Waals surface area contributed by atoms with Gasteiger partial charge in [0.2, 0.25) is 5.91 Å². The molecule has 1 aromatic rings. The lowest BCUT2D eigenvalue weighted by atomic mass is 9.95. The number of aliphatic hydroxyl groups excluding tert-OH is 1. The zero-order chi connectivity index (χ0) is 15.4. The van der Waals surface area contributed by atoms with Crippen LogP contribution in [-0.4, -0.2) is 40.0 Å². The summed E-state index contributed by atoms with van der Waals surface area (Å²) >= 11 is 1.33. The van der Waals surface area contributed by atoms with E-state index in [2.05, 4.69) is 5.32 Å². The number of carboxylic acid groups (broad SMARTS) is 1. The zero-order valence-corrected chi connectivity index (χ0v) is 12.3. The Balaban J connectivity index is 2.09. The van der Waals surface area contributed by atoms with E-state index in [1.807, 2.05) is 30.3 Å². The third-order valence-electron chi connectivity index (χ3n) is 3.20. The number of fused-ring (bicyclic) bond motifs is 1. The van der Waals surface area contributed by atoms with Crippen molar-refractivity contribution in [2.45, 2.75) is 24.3 Å². The van der Waals surface area contributed by atoms with Gasteiger partial charge in [0.15, 0.2) is 0 Å². The Morgan fingerprint density at radius 3 is 2.76 bits per heavy atom. The van der Waals surface area contributed by atoms with Gasteiger partial charge in [-0.3, -0.25) is 4.79 Å². The fourth-order valence-electron chi connectivity index (χ4n) is 2.22. The SMILES string of the molecule is CC(=O)NC(CSC1c2ccccc2C=CC1O)C(=O)O. The van der Waals surface area contributed by atoms with Gasteiger partial charge in [-0.15, -0.1) is 11.8 Å². The molecule has 3 atom stereocenters. The quantitative estimate of drug-likeness (QED) is 0.766. The van der Waals surface area contributed by atoms with Crippen LogP contribution in [0, 0.1) is 0 Å². The maximum absolute atomic E-state index is 11.1. The average molecular weight is 307 g/mol. The van der Waals surface area contributed by atoms with Crippen molar-refractivity contribution in [2.24, 2.45) is 0 Å². The molecule has 0 fully saturated rings. The largest absolute Gasteiger partial charge is 0.480 e. The van der Waals surface area contributed by atoms with Crippen molar-refractivity contribution in [1.29, 1.82) is 0 Å².